The molecule has 1 aromatic rings. The molecule has 0 radical (unpaired) electrons. The van der Waals surface area contributed by atoms with E-state index >= 15 is 0 Å². The van der Waals surface area contributed by atoms with Crippen molar-refractivity contribution in [1.82, 2.24) is 9.55 Å². The number of nitrogens with zero attached hydrogens (tertiary/aromatic N) is 2. The molecule has 5 unspecified atom stereocenters. The van der Waals surface area contributed by atoms with Gasteiger partial charge in [-0.05, 0) is 74.0 Å². The van der Waals surface area contributed by atoms with Gasteiger partial charge in [-0.1, -0.05) is 38.5 Å². The van der Waals surface area contributed by atoms with Crippen LogP contribution in [-0.2, 0) is 11.8 Å². The summed E-state index contributed by atoms with van der Waals surface area (Å²) in [5.74, 6) is 3.71. The van der Waals surface area contributed by atoms with Gasteiger partial charge in [0.15, 0.2) is 10.9 Å². The average Bonchev–Trinajstić information content (AvgIpc) is 3.17. The molecule has 4 heteroatoms. The van der Waals surface area contributed by atoms with Crippen LogP contribution >= 0.6 is 11.8 Å². The smallest absolute Gasteiger partial charge is 0.168 e. The molecule has 0 aromatic carbocycles. The number of Topliss-reactive ketones (excluding diaryl/α,β-unsaturated/α-hetero) is 1. The molecule has 7 atom stereocenters. The van der Waals surface area contributed by atoms with Gasteiger partial charge in [0, 0.05) is 24.9 Å². The van der Waals surface area contributed by atoms with Gasteiger partial charge in [0.1, 0.15) is 0 Å². The highest BCUT2D eigenvalue weighted by Crippen LogP contribution is 2.66. The van der Waals surface area contributed by atoms with Crippen LogP contribution in [0.5, 0.6) is 0 Å². The van der Waals surface area contributed by atoms with Gasteiger partial charge >= 0.3 is 0 Å². The molecule has 4 aliphatic rings. The van der Waals surface area contributed by atoms with Crippen molar-refractivity contribution >= 4 is 17.5 Å². The Labute approximate surface area is 168 Å². The fourth-order valence-electron chi connectivity index (χ4n) is 7.76. The van der Waals surface area contributed by atoms with Crippen LogP contribution in [0, 0.1) is 34.5 Å². The van der Waals surface area contributed by atoms with Crippen molar-refractivity contribution in [2.75, 3.05) is 0 Å². The number of fused-ring (bicyclic) bond motifs is 5. The number of hydrogen-bond donors (Lipinski definition) is 0. The lowest BCUT2D eigenvalue weighted by molar-refractivity contribution is -0.138. The topological polar surface area (TPSA) is 34.9 Å². The molecule has 0 aliphatic heterocycles. The van der Waals surface area contributed by atoms with E-state index in [2.05, 4.69) is 23.4 Å². The SMILES string of the molecule is Cn1ccnc1SC1CC2C3CCC4CCCC[C@]4(C)C3CC[C@]2(C)C1=O. The van der Waals surface area contributed by atoms with Gasteiger partial charge in [0.05, 0.1) is 5.25 Å². The summed E-state index contributed by atoms with van der Waals surface area (Å²) >= 11 is 1.72. The fourth-order valence-corrected chi connectivity index (χ4v) is 9.04. The van der Waals surface area contributed by atoms with Crippen molar-refractivity contribution < 1.29 is 4.79 Å². The summed E-state index contributed by atoms with van der Waals surface area (Å²) < 4.78 is 2.05. The molecule has 148 valence electrons. The summed E-state index contributed by atoms with van der Waals surface area (Å²) in [5.41, 5.74) is 0.471. The van der Waals surface area contributed by atoms with Crippen LogP contribution in [0.2, 0.25) is 0 Å². The van der Waals surface area contributed by atoms with Gasteiger partial charge in [-0.3, -0.25) is 4.79 Å². The van der Waals surface area contributed by atoms with Gasteiger partial charge in [0.2, 0.25) is 0 Å². The summed E-state index contributed by atoms with van der Waals surface area (Å²) in [7, 11) is 2.03. The van der Waals surface area contributed by atoms with Crippen molar-refractivity contribution in [2.24, 2.45) is 41.5 Å². The molecule has 0 amide bonds. The number of aromatic nitrogens is 2. The average molecular weight is 387 g/mol. The Hall–Kier alpha value is -0.770. The Bertz CT molecular complexity index is 744. The van der Waals surface area contributed by atoms with Crippen LogP contribution in [0.3, 0.4) is 0 Å². The van der Waals surface area contributed by atoms with Crippen LogP contribution in [0.25, 0.3) is 0 Å². The first-order valence-electron chi connectivity index (χ1n) is 11.1. The maximum Gasteiger partial charge on any atom is 0.168 e. The van der Waals surface area contributed by atoms with Crippen molar-refractivity contribution in [2.45, 2.75) is 82.0 Å². The van der Waals surface area contributed by atoms with E-state index in [1.54, 1.807) is 11.8 Å². The van der Waals surface area contributed by atoms with Crippen molar-refractivity contribution in [3.63, 3.8) is 0 Å². The molecule has 5 rings (SSSR count). The van der Waals surface area contributed by atoms with E-state index in [4.69, 9.17) is 0 Å². The maximum absolute atomic E-state index is 13.5. The molecule has 4 aliphatic carbocycles. The molecule has 0 bridgehead atoms. The molecule has 0 N–H and O–H groups in total. The number of aryl methyl sites for hydroxylation is 1. The Morgan fingerprint density at radius 2 is 1.96 bits per heavy atom. The summed E-state index contributed by atoms with van der Waals surface area (Å²) in [6.07, 6.45) is 15.9. The summed E-state index contributed by atoms with van der Waals surface area (Å²) in [5, 5.41) is 1.10. The number of ketones is 1. The zero-order valence-corrected chi connectivity index (χ0v) is 17.9. The van der Waals surface area contributed by atoms with E-state index < -0.39 is 0 Å². The van der Waals surface area contributed by atoms with Crippen LogP contribution in [0.1, 0.15) is 71.6 Å². The van der Waals surface area contributed by atoms with Crippen molar-refractivity contribution in [3.8, 4) is 0 Å². The van der Waals surface area contributed by atoms with Crippen LogP contribution in [-0.4, -0.2) is 20.6 Å². The number of carbonyl (C=O) groups is 1. The zero-order chi connectivity index (χ0) is 18.8. The largest absolute Gasteiger partial charge is 0.329 e. The Morgan fingerprint density at radius 1 is 1.11 bits per heavy atom. The summed E-state index contributed by atoms with van der Waals surface area (Å²) in [6.45, 7) is 4.93. The van der Waals surface area contributed by atoms with Gasteiger partial charge in [-0.25, -0.2) is 4.98 Å². The number of carbonyl (C=O) groups excluding carboxylic acids is 1. The molecule has 4 saturated carbocycles. The summed E-state index contributed by atoms with van der Waals surface area (Å²) in [4.78, 5) is 18.0. The predicted molar refractivity (Wildman–Crippen MR) is 110 cm³/mol. The van der Waals surface area contributed by atoms with E-state index in [9.17, 15) is 4.79 Å². The standard InChI is InChI=1S/C23H34N2OS/c1-22-10-5-4-6-15(22)7-8-16-17(22)9-11-23(2)18(16)14-19(20(23)26)27-21-24-12-13-25(21)3/h12-13,15-19H,4-11,14H2,1-3H3/t15?,16?,17?,18?,19?,22-,23-/m0/s1. The lowest BCUT2D eigenvalue weighted by atomic mass is 9.45. The molecular weight excluding hydrogens is 352 g/mol. The van der Waals surface area contributed by atoms with Gasteiger partial charge in [-0.2, -0.15) is 0 Å². The molecular formula is C23H34N2OS. The monoisotopic (exact) mass is 386 g/mol. The van der Waals surface area contributed by atoms with E-state index in [0.717, 1.165) is 35.8 Å². The Balaban J connectivity index is 1.41. The highest BCUT2D eigenvalue weighted by molar-refractivity contribution is 8.00. The van der Waals surface area contributed by atoms with Crippen molar-refractivity contribution in [3.05, 3.63) is 12.4 Å². The van der Waals surface area contributed by atoms with Crippen molar-refractivity contribution in [1.29, 1.82) is 0 Å². The second-order valence-corrected chi connectivity index (χ2v) is 11.6. The normalized spacial score (nSPS) is 46.6. The molecule has 3 nitrogen and oxygen atoms in total. The first kappa shape index (κ1) is 18.3. The molecule has 0 saturated heterocycles. The van der Waals surface area contributed by atoms with Gasteiger partial charge in [-0.15, -0.1) is 0 Å². The number of rotatable bonds is 2. The second-order valence-electron chi connectivity index (χ2n) is 10.4. The van der Waals surface area contributed by atoms with E-state index in [1.165, 1.54) is 44.9 Å². The van der Waals surface area contributed by atoms with Crippen LogP contribution in [0.4, 0.5) is 0 Å². The molecule has 4 fully saturated rings. The fraction of sp³-hybridized carbons (Fsp3) is 0.826. The number of thioether (sulfide) groups is 1. The Kier molecular flexibility index (Phi) is 4.31. The van der Waals surface area contributed by atoms with Crippen LogP contribution < -0.4 is 0 Å². The highest BCUT2D eigenvalue weighted by Gasteiger charge is 2.62. The number of imidazole rings is 1. The number of hydrogen-bond acceptors (Lipinski definition) is 3. The molecule has 27 heavy (non-hydrogen) atoms. The second kappa shape index (κ2) is 6.37. The third-order valence-corrected chi connectivity index (χ3v) is 10.6. The third-order valence-electron chi connectivity index (χ3n) is 9.32. The van der Waals surface area contributed by atoms with Gasteiger partial charge < -0.3 is 4.57 Å². The first-order chi connectivity index (χ1) is 12.9. The molecule has 1 heterocycles. The maximum atomic E-state index is 13.5. The summed E-state index contributed by atoms with van der Waals surface area (Å²) in [6, 6.07) is 0. The molecule has 0 spiro atoms. The zero-order valence-electron chi connectivity index (χ0n) is 17.1. The lowest BCUT2D eigenvalue weighted by Crippen LogP contribution is -2.52. The first-order valence-corrected chi connectivity index (χ1v) is 12.0. The predicted octanol–water partition coefficient (Wildman–Crippen LogP) is 5.49. The molecule has 1 aromatic heterocycles. The van der Waals surface area contributed by atoms with E-state index in [-0.39, 0.29) is 10.7 Å². The minimum atomic E-state index is -0.0815. The minimum absolute atomic E-state index is 0.0815. The Morgan fingerprint density at radius 3 is 2.74 bits per heavy atom. The quantitative estimate of drug-likeness (QED) is 0.674. The third kappa shape index (κ3) is 2.61. The highest BCUT2D eigenvalue weighted by atomic mass is 32.2. The minimum Gasteiger partial charge on any atom is -0.329 e. The van der Waals surface area contributed by atoms with E-state index in [1.807, 2.05) is 19.4 Å². The van der Waals surface area contributed by atoms with Gasteiger partial charge in [0.25, 0.3) is 0 Å². The van der Waals surface area contributed by atoms with Crippen LogP contribution in [0.15, 0.2) is 17.6 Å². The lowest BCUT2D eigenvalue weighted by Gasteiger charge is -2.59. The van der Waals surface area contributed by atoms with E-state index in [0.29, 0.717) is 17.1 Å².